The van der Waals surface area contributed by atoms with Crippen LogP contribution in [-0.2, 0) is 12.8 Å². The van der Waals surface area contributed by atoms with E-state index in [0.717, 1.165) is 14.7 Å². The Kier molecular flexibility index (Phi) is 6.29. The number of fused-ring (bicyclic) bond motifs is 1. The van der Waals surface area contributed by atoms with Gasteiger partial charge < -0.3 is 25.4 Å². The molecule has 1 aliphatic carbocycles. The molecule has 0 radical (unpaired) electrons. The Morgan fingerprint density at radius 2 is 1.83 bits per heavy atom. The third-order valence-electron chi connectivity index (χ3n) is 3.90. The van der Waals surface area contributed by atoms with Gasteiger partial charge in [0.1, 0.15) is 18.5 Å². The van der Waals surface area contributed by atoms with Crippen LogP contribution in [-0.4, -0.2) is 52.3 Å². The number of benzene rings is 1. The lowest BCUT2D eigenvalue weighted by Gasteiger charge is -2.29. The van der Waals surface area contributed by atoms with E-state index in [9.17, 15) is 15.3 Å². The summed E-state index contributed by atoms with van der Waals surface area (Å²) in [6, 6.07) is 3.81. The van der Waals surface area contributed by atoms with Gasteiger partial charge in [-0.05, 0) is 61.1 Å². The predicted molar refractivity (Wildman–Crippen MR) is 97.8 cm³/mol. The predicted octanol–water partition coefficient (Wildman–Crippen LogP) is 1.24. The third kappa shape index (κ3) is 5.29. The van der Waals surface area contributed by atoms with Crippen LogP contribution < -0.4 is 10.1 Å². The maximum absolute atomic E-state index is 10.0. The van der Waals surface area contributed by atoms with E-state index in [-0.39, 0.29) is 12.1 Å². The molecule has 0 heterocycles. The number of halogens is 1. The van der Waals surface area contributed by atoms with Crippen molar-refractivity contribution < 1.29 is 20.1 Å². The van der Waals surface area contributed by atoms with E-state index in [1.54, 1.807) is 0 Å². The molecular weight excluding hydrogens is 409 g/mol. The van der Waals surface area contributed by atoms with Gasteiger partial charge in [0, 0.05) is 34.1 Å². The van der Waals surface area contributed by atoms with Gasteiger partial charge in [0.2, 0.25) is 0 Å². The molecule has 0 saturated carbocycles. The van der Waals surface area contributed by atoms with Crippen molar-refractivity contribution in [2.24, 2.45) is 0 Å². The van der Waals surface area contributed by atoms with E-state index in [1.165, 1.54) is 0 Å². The van der Waals surface area contributed by atoms with Gasteiger partial charge in [-0.2, -0.15) is 0 Å². The number of hydrogen-bond acceptors (Lipinski definition) is 5. The minimum atomic E-state index is -0.768. The number of ether oxygens (including phenoxy) is 1. The molecule has 5 nitrogen and oxygen atoms in total. The monoisotopic (exact) mass is 435 g/mol. The third-order valence-corrected chi connectivity index (χ3v) is 4.91. The van der Waals surface area contributed by atoms with Crippen molar-refractivity contribution in [2.75, 3.05) is 13.2 Å². The second-order valence-electron chi connectivity index (χ2n) is 7.14. The van der Waals surface area contributed by atoms with Crippen LogP contribution in [0, 0.1) is 3.57 Å². The highest BCUT2D eigenvalue weighted by Gasteiger charge is 2.29. The number of β-amino-alcohol motifs (C(OH)–C–C–N with tert-alkyl or cyclic N) is 1. The Morgan fingerprint density at radius 1 is 1.22 bits per heavy atom. The van der Waals surface area contributed by atoms with E-state index < -0.39 is 18.3 Å². The molecule has 23 heavy (non-hydrogen) atoms. The molecule has 2 rings (SSSR count). The van der Waals surface area contributed by atoms with Crippen LogP contribution in [0.4, 0.5) is 0 Å². The fourth-order valence-electron chi connectivity index (χ4n) is 2.58. The average molecular weight is 435 g/mol. The highest BCUT2D eigenvalue weighted by Crippen LogP contribution is 2.33. The molecule has 130 valence electrons. The molecule has 0 aromatic heterocycles. The molecule has 3 atom stereocenters. The lowest BCUT2D eigenvalue weighted by Crippen LogP contribution is -2.42. The summed E-state index contributed by atoms with van der Waals surface area (Å²) in [6.45, 7) is 6.78. The number of aliphatic hydroxyl groups is 3. The zero-order chi connectivity index (χ0) is 17.2. The summed E-state index contributed by atoms with van der Waals surface area (Å²) in [5.41, 5.74) is 1.91. The van der Waals surface area contributed by atoms with Crippen molar-refractivity contribution in [3.8, 4) is 5.75 Å². The van der Waals surface area contributed by atoms with Crippen molar-refractivity contribution in [3.63, 3.8) is 0 Å². The Labute approximate surface area is 151 Å². The fraction of sp³-hybridized carbons (Fsp3) is 0.647. The van der Waals surface area contributed by atoms with Crippen LogP contribution >= 0.6 is 22.6 Å². The SMILES string of the molecule is CC(C)(C)NCC(O)COc1ccc(I)c2c1C[C@H](O)[C@H](O)C2. The highest BCUT2D eigenvalue weighted by molar-refractivity contribution is 14.1. The topological polar surface area (TPSA) is 82.0 Å². The lowest BCUT2D eigenvalue weighted by atomic mass is 9.87. The van der Waals surface area contributed by atoms with Crippen LogP contribution in [0.3, 0.4) is 0 Å². The van der Waals surface area contributed by atoms with Crippen molar-refractivity contribution >= 4 is 22.6 Å². The maximum Gasteiger partial charge on any atom is 0.123 e. The molecule has 0 amide bonds. The van der Waals surface area contributed by atoms with E-state index in [2.05, 4.69) is 27.9 Å². The van der Waals surface area contributed by atoms with Gasteiger partial charge >= 0.3 is 0 Å². The Bertz CT molecular complexity index is 544. The number of aliphatic hydroxyl groups excluding tert-OH is 3. The van der Waals surface area contributed by atoms with Crippen molar-refractivity contribution in [3.05, 3.63) is 26.8 Å². The minimum Gasteiger partial charge on any atom is -0.491 e. The molecule has 4 N–H and O–H groups in total. The summed E-state index contributed by atoms with van der Waals surface area (Å²) >= 11 is 2.23. The van der Waals surface area contributed by atoms with Crippen LogP contribution in [0.15, 0.2) is 12.1 Å². The molecule has 1 aliphatic rings. The van der Waals surface area contributed by atoms with Crippen molar-refractivity contribution in [1.29, 1.82) is 0 Å². The second kappa shape index (κ2) is 7.65. The van der Waals surface area contributed by atoms with Gasteiger partial charge in [-0.15, -0.1) is 0 Å². The first-order valence-electron chi connectivity index (χ1n) is 7.89. The molecule has 6 heteroatoms. The van der Waals surface area contributed by atoms with E-state index in [4.69, 9.17) is 4.74 Å². The van der Waals surface area contributed by atoms with E-state index >= 15 is 0 Å². The van der Waals surface area contributed by atoms with Crippen molar-refractivity contribution in [2.45, 2.75) is 57.5 Å². The lowest BCUT2D eigenvalue weighted by molar-refractivity contribution is 0.0130. The highest BCUT2D eigenvalue weighted by atomic mass is 127. The van der Waals surface area contributed by atoms with Crippen molar-refractivity contribution in [1.82, 2.24) is 5.32 Å². The first-order chi connectivity index (χ1) is 10.7. The summed E-state index contributed by atoms with van der Waals surface area (Å²) in [5, 5.41) is 33.1. The first kappa shape index (κ1) is 18.9. The summed E-state index contributed by atoms with van der Waals surface area (Å²) < 4.78 is 6.84. The zero-order valence-electron chi connectivity index (χ0n) is 13.8. The first-order valence-corrected chi connectivity index (χ1v) is 8.97. The summed E-state index contributed by atoms with van der Waals surface area (Å²) in [7, 11) is 0. The molecule has 0 fully saturated rings. The van der Waals surface area contributed by atoms with Gasteiger partial charge in [0.05, 0.1) is 12.2 Å². The zero-order valence-corrected chi connectivity index (χ0v) is 16.0. The van der Waals surface area contributed by atoms with E-state index in [0.29, 0.717) is 25.1 Å². The number of hydrogen-bond donors (Lipinski definition) is 4. The van der Waals surface area contributed by atoms with Gasteiger partial charge in [-0.25, -0.2) is 0 Å². The number of rotatable bonds is 5. The maximum atomic E-state index is 10.0. The van der Waals surface area contributed by atoms with Crippen LogP contribution in [0.5, 0.6) is 5.75 Å². The van der Waals surface area contributed by atoms with Crippen LogP contribution in [0.1, 0.15) is 31.9 Å². The van der Waals surface area contributed by atoms with Gasteiger partial charge in [0.25, 0.3) is 0 Å². The molecule has 0 aliphatic heterocycles. The standard InChI is InChI=1S/C17H26INO4/c1-17(2,3)19-8-10(20)9-23-16-5-4-13(18)11-6-14(21)15(22)7-12(11)16/h4-5,10,14-15,19-22H,6-9H2,1-3H3/t10?,14-,15+/m1/s1. The Morgan fingerprint density at radius 3 is 2.43 bits per heavy atom. The van der Waals surface area contributed by atoms with Gasteiger partial charge in [-0.3, -0.25) is 0 Å². The molecule has 1 unspecified atom stereocenters. The minimum absolute atomic E-state index is 0.0523. The largest absolute Gasteiger partial charge is 0.491 e. The van der Waals surface area contributed by atoms with Gasteiger partial charge in [0.15, 0.2) is 0 Å². The Balaban J connectivity index is 2.03. The molecule has 1 aromatic carbocycles. The smallest absolute Gasteiger partial charge is 0.123 e. The average Bonchev–Trinajstić information content (AvgIpc) is 2.46. The summed E-state index contributed by atoms with van der Waals surface area (Å²) in [4.78, 5) is 0. The fourth-order valence-corrected chi connectivity index (χ4v) is 3.31. The molecule has 1 aromatic rings. The van der Waals surface area contributed by atoms with Gasteiger partial charge in [-0.1, -0.05) is 0 Å². The number of nitrogens with one attached hydrogen (secondary N) is 1. The van der Waals surface area contributed by atoms with E-state index in [1.807, 2.05) is 32.9 Å². The summed E-state index contributed by atoms with van der Waals surface area (Å²) in [5.74, 6) is 0.682. The van der Waals surface area contributed by atoms with Crippen LogP contribution in [0.25, 0.3) is 0 Å². The molecule has 0 saturated heterocycles. The molecule has 0 spiro atoms. The second-order valence-corrected chi connectivity index (χ2v) is 8.30. The quantitative estimate of drug-likeness (QED) is 0.524. The Hall–Kier alpha value is -0.410. The normalized spacial score (nSPS) is 22.6. The molecular formula is C17H26INO4. The molecule has 0 bridgehead atoms. The van der Waals surface area contributed by atoms with Crippen LogP contribution in [0.2, 0.25) is 0 Å². The summed E-state index contributed by atoms with van der Waals surface area (Å²) in [6.07, 6.45) is -1.30.